The third-order valence-corrected chi connectivity index (χ3v) is 3.50. The lowest BCUT2D eigenvalue weighted by Crippen LogP contribution is -2.11. The Kier molecular flexibility index (Phi) is 6.87. The van der Waals surface area contributed by atoms with Crippen LogP contribution in [0.25, 0.3) is 0 Å². The molecule has 0 bridgehead atoms. The Hall–Kier alpha value is -1.07. The highest BCUT2D eigenvalue weighted by Gasteiger charge is 2.09. The third-order valence-electron chi connectivity index (χ3n) is 2.27. The zero-order valence-electron chi connectivity index (χ0n) is 11.2. The second-order valence-electron chi connectivity index (χ2n) is 4.42. The van der Waals surface area contributed by atoms with Gasteiger partial charge in [-0.1, -0.05) is 24.4 Å². The van der Waals surface area contributed by atoms with Gasteiger partial charge < -0.3 is 10.5 Å². The maximum Gasteiger partial charge on any atom is 0.338 e. The van der Waals surface area contributed by atoms with E-state index in [1.54, 1.807) is 17.8 Å². The molecule has 0 saturated heterocycles. The van der Waals surface area contributed by atoms with E-state index in [9.17, 15) is 4.79 Å². The van der Waals surface area contributed by atoms with Crippen LogP contribution in [-0.4, -0.2) is 22.8 Å². The lowest BCUT2D eigenvalue weighted by molar-refractivity contribution is 0.0378. The SMILES string of the molecule is CC(C)OC(=O)c1cccc(CSCCC(N)=S)c1. The number of thioether (sulfide) groups is 1. The average Bonchev–Trinajstić information content (AvgIpc) is 2.34. The summed E-state index contributed by atoms with van der Waals surface area (Å²) in [5, 5.41) is 0. The molecule has 0 aliphatic carbocycles. The number of carbonyl (C=O) groups is 1. The molecule has 0 amide bonds. The normalized spacial score (nSPS) is 10.5. The van der Waals surface area contributed by atoms with E-state index in [0.717, 1.165) is 23.5 Å². The fraction of sp³-hybridized carbons (Fsp3) is 0.429. The fourth-order valence-corrected chi connectivity index (χ4v) is 2.59. The molecule has 19 heavy (non-hydrogen) atoms. The van der Waals surface area contributed by atoms with Gasteiger partial charge in [0, 0.05) is 12.2 Å². The van der Waals surface area contributed by atoms with Crippen molar-refractivity contribution in [3.8, 4) is 0 Å². The molecule has 104 valence electrons. The van der Waals surface area contributed by atoms with Crippen LogP contribution in [0.15, 0.2) is 24.3 Å². The van der Waals surface area contributed by atoms with E-state index >= 15 is 0 Å². The van der Waals surface area contributed by atoms with Gasteiger partial charge in [-0.15, -0.1) is 0 Å². The summed E-state index contributed by atoms with van der Waals surface area (Å²) in [5.74, 6) is 1.46. The number of rotatable bonds is 7. The summed E-state index contributed by atoms with van der Waals surface area (Å²) in [6.45, 7) is 3.68. The van der Waals surface area contributed by atoms with E-state index in [1.165, 1.54) is 0 Å². The van der Waals surface area contributed by atoms with Crippen LogP contribution in [0.5, 0.6) is 0 Å². The van der Waals surface area contributed by atoms with Crippen LogP contribution < -0.4 is 5.73 Å². The Balaban J connectivity index is 2.52. The Morgan fingerprint density at radius 1 is 1.47 bits per heavy atom. The second-order valence-corrected chi connectivity index (χ2v) is 6.05. The van der Waals surface area contributed by atoms with E-state index in [-0.39, 0.29) is 12.1 Å². The molecule has 0 saturated carbocycles. The molecular weight excluding hydrogens is 278 g/mol. The molecule has 0 radical (unpaired) electrons. The summed E-state index contributed by atoms with van der Waals surface area (Å²) in [7, 11) is 0. The van der Waals surface area contributed by atoms with Gasteiger partial charge in [0.2, 0.25) is 0 Å². The molecule has 0 unspecified atom stereocenters. The molecule has 1 rings (SSSR count). The molecule has 0 aromatic heterocycles. The molecule has 5 heteroatoms. The zero-order valence-corrected chi connectivity index (χ0v) is 12.9. The number of nitrogens with two attached hydrogens (primary N) is 1. The molecule has 0 spiro atoms. The molecule has 2 N–H and O–H groups in total. The minimum absolute atomic E-state index is 0.101. The zero-order chi connectivity index (χ0) is 14.3. The standard InChI is InChI=1S/C14H19NO2S2/c1-10(2)17-14(16)12-5-3-4-11(8-12)9-19-7-6-13(15)18/h3-5,8,10H,6-7,9H2,1-2H3,(H2,15,18). The lowest BCUT2D eigenvalue weighted by atomic mass is 10.1. The predicted molar refractivity (Wildman–Crippen MR) is 84.6 cm³/mol. The van der Waals surface area contributed by atoms with Crippen molar-refractivity contribution < 1.29 is 9.53 Å². The highest BCUT2D eigenvalue weighted by molar-refractivity contribution is 7.98. The summed E-state index contributed by atoms with van der Waals surface area (Å²) in [5.41, 5.74) is 7.14. The van der Waals surface area contributed by atoms with Crippen LogP contribution in [0.4, 0.5) is 0 Å². The molecule has 0 aliphatic rings. The summed E-state index contributed by atoms with van der Waals surface area (Å²) >= 11 is 6.57. The van der Waals surface area contributed by atoms with Crippen LogP contribution in [0.2, 0.25) is 0 Å². The minimum atomic E-state index is -0.273. The second kappa shape index (κ2) is 8.17. The van der Waals surface area contributed by atoms with Crippen molar-refractivity contribution in [2.24, 2.45) is 5.73 Å². The quantitative estimate of drug-likeness (QED) is 0.476. The van der Waals surface area contributed by atoms with E-state index < -0.39 is 0 Å². The number of hydrogen-bond donors (Lipinski definition) is 1. The van der Waals surface area contributed by atoms with Crippen molar-refractivity contribution in [1.29, 1.82) is 0 Å². The van der Waals surface area contributed by atoms with Crippen LogP contribution in [0, 0.1) is 0 Å². The van der Waals surface area contributed by atoms with Crippen LogP contribution >= 0.6 is 24.0 Å². The smallest absolute Gasteiger partial charge is 0.338 e. The van der Waals surface area contributed by atoms with Gasteiger partial charge >= 0.3 is 5.97 Å². The van der Waals surface area contributed by atoms with E-state index in [1.807, 2.05) is 32.0 Å². The number of thiocarbonyl (C=S) groups is 1. The van der Waals surface area contributed by atoms with E-state index in [2.05, 4.69) is 0 Å². The Morgan fingerprint density at radius 2 is 2.21 bits per heavy atom. The first-order valence-electron chi connectivity index (χ1n) is 6.15. The first kappa shape index (κ1) is 16.0. The molecule has 1 aromatic rings. The number of hydrogen-bond acceptors (Lipinski definition) is 4. The summed E-state index contributed by atoms with van der Waals surface area (Å²) in [4.78, 5) is 12.3. The molecule has 0 aliphatic heterocycles. The monoisotopic (exact) mass is 297 g/mol. The summed E-state index contributed by atoms with van der Waals surface area (Å²) < 4.78 is 5.17. The highest BCUT2D eigenvalue weighted by atomic mass is 32.2. The summed E-state index contributed by atoms with van der Waals surface area (Å²) in [6.07, 6.45) is 0.644. The number of ether oxygens (including phenoxy) is 1. The van der Waals surface area contributed by atoms with Crippen molar-refractivity contribution in [3.63, 3.8) is 0 Å². The molecule has 3 nitrogen and oxygen atoms in total. The molecule has 0 fully saturated rings. The maximum atomic E-state index is 11.8. The first-order chi connectivity index (χ1) is 8.99. The largest absolute Gasteiger partial charge is 0.459 e. The van der Waals surface area contributed by atoms with Crippen molar-refractivity contribution in [1.82, 2.24) is 0 Å². The Labute approximate surface area is 123 Å². The Bertz CT molecular complexity index is 447. The van der Waals surface area contributed by atoms with Gasteiger partial charge in [-0.2, -0.15) is 11.8 Å². The maximum absolute atomic E-state index is 11.8. The van der Waals surface area contributed by atoms with Crippen molar-refractivity contribution in [3.05, 3.63) is 35.4 Å². The van der Waals surface area contributed by atoms with Crippen molar-refractivity contribution in [2.45, 2.75) is 32.1 Å². The number of carbonyl (C=O) groups excluding carboxylic acids is 1. The third kappa shape index (κ3) is 6.59. The van der Waals surface area contributed by atoms with Gasteiger partial charge in [-0.25, -0.2) is 4.79 Å². The van der Waals surface area contributed by atoms with Crippen LogP contribution in [0.1, 0.15) is 36.2 Å². The topological polar surface area (TPSA) is 52.3 Å². The fourth-order valence-electron chi connectivity index (χ4n) is 1.43. The first-order valence-corrected chi connectivity index (χ1v) is 7.71. The predicted octanol–water partition coefficient (Wildman–Crippen LogP) is 3.16. The van der Waals surface area contributed by atoms with Gasteiger partial charge in [-0.3, -0.25) is 0 Å². The highest BCUT2D eigenvalue weighted by Crippen LogP contribution is 2.15. The average molecular weight is 297 g/mol. The van der Waals surface area contributed by atoms with Crippen molar-refractivity contribution in [2.75, 3.05) is 5.75 Å². The molecule has 0 heterocycles. The van der Waals surface area contributed by atoms with E-state index in [4.69, 9.17) is 22.7 Å². The summed E-state index contributed by atoms with van der Waals surface area (Å²) in [6, 6.07) is 7.52. The lowest BCUT2D eigenvalue weighted by Gasteiger charge is -2.09. The van der Waals surface area contributed by atoms with Gasteiger partial charge in [0.15, 0.2) is 0 Å². The van der Waals surface area contributed by atoms with Crippen molar-refractivity contribution >= 4 is 34.9 Å². The van der Waals surface area contributed by atoms with E-state index in [0.29, 0.717) is 10.6 Å². The molecule has 0 atom stereocenters. The van der Waals surface area contributed by atoms with Gasteiger partial charge in [0.25, 0.3) is 0 Å². The van der Waals surface area contributed by atoms with Gasteiger partial charge in [0.1, 0.15) is 0 Å². The van der Waals surface area contributed by atoms with Crippen LogP contribution in [-0.2, 0) is 10.5 Å². The Morgan fingerprint density at radius 3 is 2.84 bits per heavy atom. The molecular formula is C14H19NO2S2. The van der Waals surface area contributed by atoms with Crippen LogP contribution in [0.3, 0.4) is 0 Å². The number of esters is 1. The minimum Gasteiger partial charge on any atom is -0.459 e. The molecule has 1 aromatic carbocycles. The van der Waals surface area contributed by atoms with Gasteiger partial charge in [-0.05, 0) is 37.3 Å². The number of benzene rings is 1. The van der Waals surface area contributed by atoms with Gasteiger partial charge in [0.05, 0.1) is 16.7 Å².